The highest BCUT2D eigenvalue weighted by molar-refractivity contribution is 5.68. The minimum Gasteiger partial charge on any atom is -0.444 e. The molecule has 2 rings (SSSR count). The highest BCUT2D eigenvalue weighted by Gasteiger charge is 2.35. The summed E-state index contributed by atoms with van der Waals surface area (Å²) in [6.45, 7) is 7.80. The van der Waals surface area contributed by atoms with E-state index < -0.39 is 11.2 Å². The number of nitrogens with one attached hydrogen (secondary N) is 1. The molecule has 1 aromatic heterocycles. The van der Waals surface area contributed by atoms with Gasteiger partial charge in [-0.15, -0.1) is 0 Å². The Hall–Kier alpha value is -1.66. The fraction of sp³-hybridized carbons (Fsp3) is 0.647. The number of pyridine rings is 1. The predicted molar refractivity (Wildman–Crippen MR) is 87.9 cm³/mol. The highest BCUT2D eigenvalue weighted by Crippen LogP contribution is 2.23. The Bertz CT molecular complexity index is 506. The van der Waals surface area contributed by atoms with Gasteiger partial charge in [-0.2, -0.15) is 0 Å². The van der Waals surface area contributed by atoms with Crippen LogP contribution in [0.15, 0.2) is 24.5 Å². The fourth-order valence-corrected chi connectivity index (χ4v) is 2.55. The third kappa shape index (κ3) is 5.80. The SMILES string of the molecule is CC(C)(C)OC(=O)N1CCC(O)(CNCc2ccncc2)CC1. The van der Waals surface area contributed by atoms with E-state index in [0.29, 0.717) is 39.0 Å². The molecule has 0 atom stereocenters. The monoisotopic (exact) mass is 321 g/mol. The van der Waals surface area contributed by atoms with Gasteiger partial charge in [-0.3, -0.25) is 4.98 Å². The Labute approximate surface area is 137 Å². The molecule has 1 aromatic rings. The number of likely N-dealkylation sites (tertiary alicyclic amines) is 1. The summed E-state index contributed by atoms with van der Waals surface area (Å²) in [7, 11) is 0. The van der Waals surface area contributed by atoms with Crippen LogP contribution in [0.4, 0.5) is 4.79 Å². The smallest absolute Gasteiger partial charge is 0.410 e. The van der Waals surface area contributed by atoms with Gasteiger partial charge in [0.05, 0.1) is 5.60 Å². The van der Waals surface area contributed by atoms with Crippen LogP contribution in [0.25, 0.3) is 0 Å². The summed E-state index contributed by atoms with van der Waals surface area (Å²) >= 11 is 0. The standard InChI is InChI=1S/C17H27N3O3/c1-16(2,3)23-15(21)20-10-6-17(22,7-11-20)13-19-12-14-4-8-18-9-5-14/h4-5,8-9,19,22H,6-7,10-13H2,1-3H3. The number of ether oxygens (including phenoxy) is 1. The summed E-state index contributed by atoms with van der Waals surface area (Å²) in [4.78, 5) is 17.7. The molecule has 128 valence electrons. The van der Waals surface area contributed by atoms with Crippen molar-refractivity contribution in [2.24, 2.45) is 0 Å². The molecule has 1 aliphatic heterocycles. The molecule has 6 nitrogen and oxygen atoms in total. The van der Waals surface area contributed by atoms with E-state index in [0.717, 1.165) is 5.56 Å². The zero-order chi connectivity index (χ0) is 16.9. The molecule has 0 aromatic carbocycles. The first-order valence-electron chi connectivity index (χ1n) is 8.07. The number of nitrogens with zero attached hydrogens (tertiary/aromatic N) is 2. The van der Waals surface area contributed by atoms with Crippen LogP contribution in [-0.2, 0) is 11.3 Å². The lowest BCUT2D eigenvalue weighted by Crippen LogP contribution is -2.51. The van der Waals surface area contributed by atoms with Gasteiger partial charge >= 0.3 is 6.09 Å². The number of aromatic nitrogens is 1. The van der Waals surface area contributed by atoms with E-state index in [1.165, 1.54) is 0 Å². The number of hydrogen-bond donors (Lipinski definition) is 2. The van der Waals surface area contributed by atoms with Gasteiger partial charge in [0.15, 0.2) is 0 Å². The molecule has 0 saturated carbocycles. The number of hydrogen-bond acceptors (Lipinski definition) is 5. The summed E-state index contributed by atoms with van der Waals surface area (Å²) in [6, 6.07) is 3.89. The van der Waals surface area contributed by atoms with Gasteiger partial charge in [0.1, 0.15) is 5.60 Å². The fourth-order valence-electron chi connectivity index (χ4n) is 2.55. The van der Waals surface area contributed by atoms with E-state index in [2.05, 4.69) is 10.3 Å². The molecule has 1 amide bonds. The molecule has 0 aliphatic carbocycles. The maximum Gasteiger partial charge on any atom is 0.410 e. The van der Waals surface area contributed by atoms with Gasteiger partial charge in [0, 0.05) is 38.6 Å². The molecule has 1 aliphatic rings. The van der Waals surface area contributed by atoms with E-state index in [4.69, 9.17) is 4.74 Å². The minimum absolute atomic E-state index is 0.302. The van der Waals surface area contributed by atoms with Crippen LogP contribution in [0.1, 0.15) is 39.2 Å². The number of carbonyl (C=O) groups excluding carboxylic acids is 1. The van der Waals surface area contributed by atoms with Crippen LogP contribution in [0, 0.1) is 0 Å². The second-order valence-electron chi connectivity index (χ2n) is 7.15. The second-order valence-corrected chi connectivity index (χ2v) is 7.15. The number of rotatable bonds is 4. The Morgan fingerprint density at radius 1 is 1.35 bits per heavy atom. The lowest BCUT2D eigenvalue weighted by Gasteiger charge is -2.38. The summed E-state index contributed by atoms with van der Waals surface area (Å²) in [5.74, 6) is 0. The van der Waals surface area contributed by atoms with Crippen molar-refractivity contribution >= 4 is 6.09 Å². The van der Waals surface area contributed by atoms with Crippen molar-refractivity contribution in [2.75, 3.05) is 19.6 Å². The second kappa shape index (κ2) is 7.27. The zero-order valence-corrected chi connectivity index (χ0v) is 14.2. The number of aliphatic hydroxyl groups is 1. The van der Waals surface area contributed by atoms with Gasteiger partial charge in [0.2, 0.25) is 0 Å². The summed E-state index contributed by atoms with van der Waals surface area (Å²) < 4.78 is 5.37. The molecule has 0 spiro atoms. The van der Waals surface area contributed by atoms with Crippen LogP contribution in [0.5, 0.6) is 0 Å². The molecule has 2 heterocycles. The van der Waals surface area contributed by atoms with Gasteiger partial charge in [-0.1, -0.05) is 0 Å². The van der Waals surface area contributed by atoms with Crippen LogP contribution in [-0.4, -0.2) is 51.9 Å². The first-order valence-corrected chi connectivity index (χ1v) is 8.07. The Balaban J connectivity index is 1.75. The third-order valence-electron chi connectivity index (χ3n) is 3.88. The number of piperidine rings is 1. The van der Waals surface area contributed by atoms with Crippen molar-refractivity contribution in [2.45, 2.75) is 51.4 Å². The van der Waals surface area contributed by atoms with E-state index >= 15 is 0 Å². The predicted octanol–water partition coefficient (Wildman–Crippen LogP) is 1.93. The lowest BCUT2D eigenvalue weighted by atomic mass is 9.91. The normalized spacial score (nSPS) is 17.8. The number of carbonyl (C=O) groups is 1. The third-order valence-corrected chi connectivity index (χ3v) is 3.88. The summed E-state index contributed by atoms with van der Waals surface area (Å²) in [5, 5.41) is 13.9. The topological polar surface area (TPSA) is 74.7 Å². The first kappa shape index (κ1) is 17.7. The van der Waals surface area contributed by atoms with Gasteiger partial charge in [-0.25, -0.2) is 4.79 Å². The highest BCUT2D eigenvalue weighted by atomic mass is 16.6. The molecule has 0 bridgehead atoms. The average Bonchev–Trinajstić information content (AvgIpc) is 2.47. The molecule has 1 fully saturated rings. The average molecular weight is 321 g/mol. The molecular formula is C17H27N3O3. The van der Waals surface area contributed by atoms with Gasteiger partial charge in [0.25, 0.3) is 0 Å². The molecule has 2 N–H and O–H groups in total. The lowest BCUT2D eigenvalue weighted by molar-refractivity contribution is -0.0310. The maximum absolute atomic E-state index is 12.0. The van der Waals surface area contributed by atoms with Crippen LogP contribution < -0.4 is 5.32 Å². The largest absolute Gasteiger partial charge is 0.444 e. The maximum atomic E-state index is 12.0. The molecule has 23 heavy (non-hydrogen) atoms. The number of amides is 1. The van der Waals surface area contributed by atoms with Gasteiger partial charge in [-0.05, 0) is 51.3 Å². The van der Waals surface area contributed by atoms with Crippen molar-refractivity contribution in [1.82, 2.24) is 15.2 Å². The molecular weight excluding hydrogens is 294 g/mol. The Morgan fingerprint density at radius 3 is 2.52 bits per heavy atom. The first-order chi connectivity index (χ1) is 10.8. The molecule has 1 saturated heterocycles. The van der Waals surface area contributed by atoms with Crippen molar-refractivity contribution in [3.63, 3.8) is 0 Å². The van der Waals surface area contributed by atoms with Crippen molar-refractivity contribution in [3.05, 3.63) is 30.1 Å². The van der Waals surface area contributed by atoms with Crippen molar-refractivity contribution in [1.29, 1.82) is 0 Å². The summed E-state index contributed by atoms with van der Waals surface area (Å²) in [5.41, 5.74) is -0.127. The molecule has 0 unspecified atom stereocenters. The van der Waals surface area contributed by atoms with Crippen LogP contribution >= 0.6 is 0 Å². The zero-order valence-electron chi connectivity index (χ0n) is 14.2. The molecule has 0 radical (unpaired) electrons. The minimum atomic E-state index is -0.772. The van der Waals surface area contributed by atoms with Crippen molar-refractivity contribution in [3.8, 4) is 0 Å². The van der Waals surface area contributed by atoms with Crippen LogP contribution in [0.3, 0.4) is 0 Å². The van der Waals surface area contributed by atoms with Crippen molar-refractivity contribution < 1.29 is 14.6 Å². The van der Waals surface area contributed by atoms with E-state index in [1.807, 2.05) is 32.9 Å². The van der Waals surface area contributed by atoms with E-state index in [9.17, 15) is 9.90 Å². The van der Waals surface area contributed by atoms with E-state index in [1.54, 1.807) is 17.3 Å². The Kier molecular flexibility index (Phi) is 5.59. The van der Waals surface area contributed by atoms with Crippen LogP contribution in [0.2, 0.25) is 0 Å². The van der Waals surface area contributed by atoms with Gasteiger partial charge < -0.3 is 20.1 Å². The quantitative estimate of drug-likeness (QED) is 0.886. The molecule has 6 heteroatoms. The Morgan fingerprint density at radius 2 is 1.96 bits per heavy atom. The van der Waals surface area contributed by atoms with E-state index in [-0.39, 0.29) is 6.09 Å². The summed E-state index contributed by atoms with van der Waals surface area (Å²) in [6.07, 6.45) is 4.31.